The zero-order chi connectivity index (χ0) is 14.8. The van der Waals surface area contributed by atoms with Crippen molar-refractivity contribution in [3.05, 3.63) is 36.2 Å². The summed E-state index contributed by atoms with van der Waals surface area (Å²) in [7, 11) is 0. The zero-order valence-electron chi connectivity index (χ0n) is 12.0. The van der Waals surface area contributed by atoms with E-state index >= 15 is 0 Å². The molecule has 0 spiro atoms. The summed E-state index contributed by atoms with van der Waals surface area (Å²) in [6, 6.07) is 5.55. The van der Waals surface area contributed by atoms with Crippen LogP contribution in [-0.4, -0.2) is 38.7 Å². The monoisotopic (exact) mass is 347 g/mol. The van der Waals surface area contributed by atoms with Crippen LogP contribution in [0.4, 0.5) is 0 Å². The molecule has 1 aliphatic heterocycles. The highest BCUT2D eigenvalue weighted by atomic mass is 79.9. The van der Waals surface area contributed by atoms with Crippen molar-refractivity contribution in [2.45, 2.75) is 24.6 Å². The Morgan fingerprint density at radius 3 is 2.57 bits per heavy atom. The van der Waals surface area contributed by atoms with Gasteiger partial charge in [0, 0.05) is 35.9 Å². The summed E-state index contributed by atoms with van der Waals surface area (Å²) < 4.78 is 0. The van der Waals surface area contributed by atoms with Crippen molar-refractivity contribution in [1.82, 2.24) is 14.9 Å². The second-order valence-corrected chi connectivity index (χ2v) is 7.01. The number of fused-ring (bicyclic) bond motifs is 1. The van der Waals surface area contributed by atoms with Crippen LogP contribution in [0.15, 0.2) is 30.6 Å². The maximum atomic E-state index is 12.6. The summed E-state index contributed by atoms with van der Waals surface area (Å²) in [5.41, 5.74) is 2.29. The third-order valence-electron chi connectivity index (χ3n) is 4.19. The summed E-state index contributed by atoms with van der Waals surface area (Å²) in [4.78, 5) is 23.5. The number of halogens is 1. The molecule has 1 aliphatic rings. The predicted octanol–water partition coefficient (Wildman–Crippen LogP) is 3.27. The van der Waals surface area contributed by atoms with Crippen molar-refractivity contribution in [3.63, 3.8) is 0 Å². The molecule has 5 heteroatoms. The summed E-state index contributed by atoms with van der Waals surface area (Å²) in [6.45, 7) is 3.85. The molecule has 0 bridgehead atoms. The van der Waals surface area contributed by atoms with Crippen LogP contribution in [-0.2, 0) is 0 Å². The number of likely N-dealkylation sites (tertiary alicyclic amines) is 1. The molecule has 1 unspecified atom stereocenters. The van der Waals surface area contributed by atoms with Gasteiger partial charge in [0.1, 0.15) is 0 Å². The molecule has 1 atom stereocenters. The van der Waals surface area contributed by atoms with E-state index < -0.39 is 0 Å². The Labute approximate surface area is 132 Å². The fraction of sp³-hybridized carbons (Fsp3) is 0.438. The summed E-state index contributed by atoms with van der Waals surface area (Å²) in [5.74, 6) is 0.764. The molecular weight excluding hydrogens is 330 g/mol. The molecule has 21 heavy (non-hydrogen) atoms. The van der Waals surface area contributed by atoms with E-state index in [9.17, 15) is 4.79 Å². The number of hydrogen-bond acceptors (Lipinski definition) is 3. The van der Waals surface area contributed by atoms with E-state index in [1.54, 1.807) is 12.4 Å². The number of carbonyl (C=O) groups is 1. The third kappa shape index (κ3) is 3.07. The quantitative estimate of drug-likeness (QED) is 0.783. The molecule has 1 saturated heterocycles. The minimum absolute atomic E-state index is 0.100. The zero-order valence-corrected chi connectivity index (χ0v) is 13.6. The Morgan fingerprint density at radius 1 is 1.24 bits per heavy atom. The number of piperidine rings is 1. The van der Waals surface area contributed by atoms with Crippen LogP contribution in [0.3, 0.4) is 0 Å². The fourth-order valence-electron chi connectivity index (χ4n) is 2.84. The molecule has 1 fully saturated rings. The van der Waals surface area contributed by atoms with Gasteiger partial charge < -0.3 is 4.90 Å². The minimum atomic E-state index is 0.100. The highest BCUT2D eigenvalue weighted by Crippen LogP contribution is 2.26. The molecule has 0 N–H and O–H groups in total. The first-order valence-corrected chi connectivity index (χ1v) is 8.21. The van der Waals surface area contributed by atoms with Crippen LogP contribution in [0, 0.1) is 5.92 Å². The summed E-state index contributed by atoms with van der Waals surface area (Å²) in [6.07, 6.45) is 5.44. The van der Waals surface area contributed by atoms with Gasteiger partial charge in [-0.05, 0) is 37.0 Å². The molecule has 3 rings (SSSR count). The first-order chi connectivity index (χ1) is 10.1. The molecule has 110 valence electrons. The van der Waals surface area contributed by atoms with E-state index in [2.05, 4.69) is 32.8 Å². The first kappa shape index (κ1) is 14.4. The summed E-state index contributed by atoms with van der Waals surface area (Å²) >= 11 is 3.65. The van der Waals surface area contributed by atoms with Crippen LogP contribution in [0.25, 0.3) is 11.0 Å². The van der Waals surface area contributed by atoms with Gasteiger partial charge in [0.2, 0.25) is 0 Å². The van der Waals surface area contributed by atoms with E-state index in [1.807, 2.05) is 23.1 Å². The number of benzene rings is 1. The Morgan fingerprint density at radius 2 is 1.90 bits per heavy atom. The SMILES string of the molecule is CC(Br)C1CCN(C(=O)c2ccc3nccnc3c2)CC1. The van der Waals surface area contributed by atoms with Gasteiger partial charge in [-0.25, -0.2) is 0 Å². The summed E-state index contributed by atoms with van der Waals surface area (Å²) in [5, 5.41) is 0. The van der Waals surface area contributed by atoms with E-state index in [1.165, 1.54) is 0 Å². The number of aromatic nitrogens is 2. The lowest BCUT2D eigenvalue weighted by Gasteiger charge is -2.33. The molecule has 1 amide bonds. The normalized spacial score (nSPS) is 17.9. The van der Waals surface area contributed by atoms with Crippen molar-refractivity contribution < 1.29 is 4.79 Å². The second kappa shape index (κ2) is 6.10. The lowest BCUT2D eigenvalue weighted by Crippen LogP contribution is -2.39. The lowest BCUT2D eigenvalue weighted by molar-refractivity contribution is 0.0691. The molecule has 1 aromatic carbocycles. The Balaban J connectivity index is 1.75. The number of hydrogen-bond donors (Lipinski definition) is 0. The van der Waals surface area contributed by atoms with Gasteiger partial charge in [-0.1, -0.05) is 22.9 Å². The van der Waals surface area contributed by atoms with Gasteiger partial charge in [-0.3, -0.25) is 14.8 Å². The van der Waals surface area contributed by atoms with Crippen molar-refractivity contribution >= 4 is 32.9 Å². The van der Waals surface area contributed by atoms with Crippen LogP contribution in [0.1, 0.15) is 30.1 Å². The first-order valence-electron chi connectivity index (χ1n) is 7.29. The van der Waals surface area contributed by atoms with Crippen LogP contribution >= 0.6 is 15.9 Å². The van der Waals surface area contributed by atoms with E-state index in [0.29, 0.717) is 16.3 Å². The molecule has 4 nitrogen and oxygen atoms in total. The lowest BCUT2D eigenvalue weighted by atomic mass is 9.94. The van der Waals surface area contributed by atoms with Gasteiger partial charge in [0.15, 0.2) is 0 Å². The maximum absolute atomic E-state index is 12.6. The van der Waals surface area contributed by atoms with Crippen molar-refractivity contribution in [2.75, 3.05) is 13.1 Å². The average Bonchev–Trinajstić information content (AvgIpc) is 2.54. The van der Waals surface area contributed by atoms with E-state index in [4.69, 9.17) is 0 Å². The van der Waals surface area contributed by atoms with Crippen molar-refractivity contribution in [3.8, 4) is 0 Å². The van der Waals surface area contributed by atoms with Crippen molar-refractivity contribution in [2.24, 2.45) is 5.92 Å². The number of amides is 1. The van der Waals surface area contributed by atoms with E-state index in [0.717, 1.165) is 37.0 Å². The molecule has 0 saturated carbocycles. The van der Waals surface area contributed by atoms with Gasteiger partial charge in [-0.2, -0.15) is 0 Å². The number of rotatable bonds is 2. The molecule has 2 aromatic rings. The molecule has 0 radical (unpaired) electrons. The van der Waals surface area contributed by atoms with Gasteiger partial charge >= 0.3 is 0 Å². The van der Waals surface area contributed by atoms with Gasteiger partial charge in [0.05, 0.1) is 11.0 Å². The minimum Gasteiger partial charge on any atom is -0.339 e. The smallest absolute Gasteiger partial charge is 0.253 e. The fourth-order valence-corrected chi connectivity index (χ4v) is 3.37. The Hall–Kier alpha value is -1.49. The number of nitrogens with zero attached hydrogens (tertiary/aromatic N) is 3. The third-order valence-corrected chi connectivity index (χ3v) is 4.94. The Kier molecular flexibility index (Phi) is 4.19. The predicted molar refractivity (Wildman–Crippen MR) is 86.6 cm³/mol. The standard InChI is InChI=1S/C16H18BrN3O/c1-11(17)12-4-8-20(9-5-12)16(21)13-2-3-14-15(10-13)19-7-6-18-14/h2-3,6-7,10-12H,4-5,8-9H2,1H3. The van der Waals surface area contributed by atoms with Crippen LogP contribution < -0.4 is 0 Å². The highest BCUT2D eigenvalue weighted by molar-refractivity contribution is 9.09. The maximum Gasteiger partial charge on any atom is 0.253 e. The van der Waals surface area contributed by atoms with Gasteiger partial charge in [-0.15, -0.1) is 0 Å². The average molecular weight is 348 g/mol. The molecule has 1 aromatic heterocycles. The number of alkyl halides is 1. The van der Waals surface area contributed by atoms with Gasteiger partial charge in [0.25, 0.3) is 5.91 Å². The highest BCUT2D eigenvalue weighted by Gasteiger charge is 2.25. The second-order valence-electron chi connectivity index (χ2n) is 5.57. The molecule has 0 aliphatic carbocycles. The largest absolute Gasteiger partial charge is 0.339 e. The topological polar surface area (TPSA) is 46.1 Å². The molecule has 2 heterocycles. The number of carbonyl (C=O) groups excluding carboxylic acids is 1. The Bertz CT molecular complexity index is 651. The van der Waals surface area contributed by atoms with E-state index in [-0.39, 0.29) is 5.91 Å². The van der Waals surface area contributed by atoms with Crippen molar-refractivity contribution in [1.29, 1.82) is 0 Å². The molecular formula is C16H18BrN3O. The van der Waals surface area contributed by atoms with Crippen LogP contribution in [0.2, 0.25) is 0 Å². The van der Waals surface area contributed by atoms with Crippen LogP contribution in [0.5, 0.6) is 0 Å².